The van der Waals surface area contributed by atoms with Gasteiger partial charge in [0.25, 0.3) is 0 Å². The molecule has 1 atom stereocenters. The summed E-state index contributed by atoms with van der Waals surface area (Å²) in [5.74, 6) is 0.487. The molecule has 1 amide bonds. The lowest BCUT2D eigenvalue weighted by Gasteiger charge is -2.14. The summed E-state index contributed by atoms with van der Waals surface area (Å²) < 4.78 is 5.27. The summed E-state index contributed by atoms with van der Waals surface area (Å²) in [6.07, 6.45) is 1.74. The molecule has 0 unspecified atom stereocenters. The highest BCUT2D eigenvalue weighted by Gasteiger charge is 2.17. The van der Waals surface area contributed by atoms with E-state index < -0.39 is 0 Å². The minimum atomic E-state index is -0.282. The Labute approximate surface area is 157 Å². The first-order chi connectivity index (χ1) is 13.2. The van der Waals surface area contributed by atoms with Crippen molar-refractivity contribution >= 4 is 33.3 Å². The third-order valence-electron chi connectivity index (χ3n) is 4.86. The second-order valence-electron chi connectivity index (χ2n) is 6.56. The van der Waals surface area contributed by atoms with E-state index in [-0.39, 0.29) is 11.8 Å². The van der Waals surface area contributed by atoms with Gasteiger partial charge < -0.3 is 10.1 Å². The second-order valence-corrected chi connectivity index (χ2v) is 6.56. The molecule has 134 valence electrons. The first kappa shape index (κ1) is 17.0. The average Bonchev–Trinajstić information content (AvgIpc) is 2.72. The van der Waals surface area contributed by atoms with Gasteiger partial charge in [0.05, 0.1) is 24.2 Å². The Morgan fingerprint density at radius 1 is 0.963 bits per heavy atom. The number of nitrogens with one attached hydrogen (secondary N) is 1. The molecule has 4 heteroatoms. The average molecular weight is 356 g/mol. The molecule has 0 aliphatic rings. The van der Waals surface area contributed by atoms with Crippen LogP contribution in [0.15, 0.2) is 72.9 Å². The van der Waals surface area contributed by atoms with E-state index in [2.05, 4.69) is 16.4 Å². The van der Waals surface area contributed by atoms with E-state index in [0.29, 0.717) is 0 Å². The van der Waals surface area contributed by atoms with Gasteiger partial charge in [-0.1, -0.05) is 42.5 Å². The summed E-state index contributed by atoms with van der Waals surface area (Å²) in [6, 6.07) is 21.7. The predicted molar refractivity (Wildman–Crippen MR) is 109 cm³/mol. The van der Waals surface area contributed by atoms with Gasteiger partial charge in [-0.15, -0.1) is 0 Å². The number of ether oxygens (including phenoxy) is 1. The SMILES string of the molecule is COc1ccc2cc([C@H](C)C(=O)Nc3cccc4cccnc34)ccc2c1. The third kappa shape index (κ3) is 3.34. The standard InChI is InChI=1S/C23H20N2O2/c1-15(17-8-9-19-14-20(27-2)11-10-18(19)13-17)23(26)25-21-7-3-5-16-6-4-12-24-22(16)21/h3-15H,1-2H3,(H,25,26)/t15-/m0/s1. The van der Waals surface area contributed by atoms with Crippen molar-refractivity contribution in [3.05, 3.63) is 78.5 Å². The lowest BCUT2D eigenvalue weighted by molar-refractivity contribution is -0.117. The zero-order chi connectivity index (χ0) is 18.8. The molecule has 0 aliphatic carbocycles. The van der Waals surface area contributed by atoms with Gasteiger partial charge in [0.1, 0.15) is 5.75 Å². The van der Waals surface area contributed by atoms with Gasteiger partial charge in [-0.05, 0) is 47.5 Å². The summed E-state index contributed by atoms with van der Waals surface area (Å²) in [5.41, 5.74) is 2.50. The van der Waals surface area contributed by atoms with Crippen molar-refractivity contribution in [3.63, 3.8) is 0 Å². The van der Waals surface area contributed by atoms with E-state index in [1.807, 2.05) is 67.6 Å². The van der Waals surface area contributed by atoms with Gasteiger partial charge in [-0.2, -0.15) is 0 Å². The van der Waals surface area contributed by atoms with Gasteiger partial charge in [0.15, 0.2) is 0 Å². The number of carbonyl (C=O) groups is 1. The van der Waals surface area contributed by atoms with Crippen LogP contribution in [0.1, 0.15) is 18.4 Å². The number of amides is 1. The lowest BCUT2D eigenvalue weighted by Crippen LogP contribution is -2.19. The summed E-state index contributed by atoms with van der Waals surface area (Å²) in [6.45, 7) is 1.92. The minimum absolute atomic E-state index is 0.0546. The maximum absolute atomic E-state index is 12.8. The summed E-state index contributed by atoms with van der Waals surface area (Å²) in [7, 11) is 1.66. The fraction of sp³-hybridized carbons (Fsp3) is 0.130. The molecular weight excluding hydrogens is 336 g/mol. The number of pyridine rings is 1. The van der Waals surface area contributed by atoms with Crippen LogP contribution in [0.3, 0.4) is 0 Å². The van der Waals surface area contributed by atoms with E-state index >= 15 is 0 Å². The van der Waals surface area contributed by atoms with Crippen LogP contribution in [-0.4, -0.2) is 18.0 Å². The summed E-state index contributed by atoms with van der Waals surface area (Å²) >= 11 is 0. The van der Waals surface area contributed by atoms with Crippen molar-refractivity contribution in [2.75, 3.05) is 12.4 Å². The number of nitrogens with zero attached hydrogens (tertiary/aromatic N) is 1. The third-order valence-corrected chi connectivity index (χ3v) is 4.86. The molecule has 0 saturated carbocycles. The Hall–Kier alpha value is -3.40. The van der Waals surface area contributed by atoms with Gasteiger partial charge in [-0.3, -0.25) is 9.78 Å². The molecule has 0 radical (unpaired) electrons. The molecule has 27 heavy (non-hydrogen) atoms. The van der Waals surface area contributed by atoms with Gasteiger partial charge in [0, 0.05) is 11.6 Å². The molecule has 1 aromatic heterocycles. The zero-order valence-electron chi connectivity index (χ0n) is 15.3. The predicted octanol–water partition coefficient (Wildman–Crippen LogP) is 5.14. The topological polar surface area (TPSA) is 51.2 Å². The number of aromatic nitrogens is 1. The van der Waals surface area contributed by atoms with E-state index in [9.17, 15) is 4.79 Å². The molecule has 1 heterocycles. The van der Waals surface area contributed by atoms with Gasteiger partial charge in [0.2, 0.25) is 5.91 Å². The van der Waals surface area contributed by atoms with Crippen LogP contribution in [0, 0.1) is 0 Å². The highest BCUT2D eigenvalue weighted by molar-refractivity contribution is 6.02. The number of methoxy groups -OCH3 is 1. The number of hydrogen-bond donors (Lipinski definition) is 1. The second kappa shape index (κ2) is 7.08. The zero-order valence-corrected chi connectivity index (χ0v) is 15.3. The maximum Gasteiger partial charge on any atom is 0.231 e. The fourth-order valence-electron chi connectivity index (χ4n) is 3.24. The van der Waals surface area contributed by atoms with Gasteiger partial charge in [-0.25, -0.2) is 0 Å². The first-order valence-corrected chi connectivity index (χ1v) is 8.88. The van der Waals surface area contributed by atoms with Crippen molar-refractivity contribution in [3.8, 4) is 5.75 Å². The Bertz CT molecular complexity index is 1130. The molecule has 0 spiro atoms. The van der Waals surface area contributed by atoms with Gasteiger partial charge >= 0.3 is 0 Å². The molecular formula is C23H20N2O2. The number of benzene rings is 3. The minimum Gasteiger partial charge on any atom is -0.497 e. The number of anilines is 1. The molecule has 0 saturated heterocycles. The maximum atomic E-state index is 12.8. The highest BCUT2D eigenvalue weighted by atomic mass is 16.5. The van der Waals surface area contributed by atoms with E-state index in [1.165, 1.54) is 0 Å². The van der Waals surface area contributed by atoms with Crippen LogP contribution in [0.25, 0.3) is 21.7 Å². The van der Waals surface area contributed by atoms with Crippen LogP contribution in [0.4, 0.5) is 5.69 Å². The largest absolute Gasteiger partial charge is 0.497 e. The molecule has 4 rings (SSSR count). The van der Waals surface area contributed by atoms with E-state index in [4.69, 9.17) is 4.74 Å². The molecule has 4 aromatic rings. The number of rotatable bonds is 4. The number of hydrogen-bond acceptors (Lipinski definition) is 3. The molecule has 3 aromatic carbocycles. The normalized spacial score (nSPS) is 12.1. The highest BCUT2D eigenvalue weighted by Crippen LogP contribution is 2.27. The Kier molecular flexibility index (Phi) is 4.47. The molecule has 4 nitrogen and oxygen atoms in total. The van der Waals surface area contributed by atoms with Crippen molar-refractivity contribution in [1.29, 1.82) is 0 Å². The van der Waals surface area contributed by atoms with Crippen molar-refractivity contribution < 1.29 is 9.53 Å². The Morgan fingerprint density at radius 3 is 2.59 bits per heavy atom. The van der Waals surface area contributed by atoms with Crippen LogP contribution in [-0.2, 0) is 4.79 Å². The molecule has 0 aliphatic heterocycles. The summed E-state index contributed by atoms with van der Waals surface area (Å²) in [5, 5.41) is 6.20. The number of carbonyl (C=O) groups excluding carboxylic acids is 1. The van der Waals surface area contributed by atoms with Crippen molar-refractivity contribution in [1.82, 2.24) is 4.98 Å². The van der Waals surface area contributed by atoms with Crippen LogP contribution >= 0.6 is 0 Å². The van der Waals surface area contributed by atoms with Crippen LogP contribution in [0.2, 0.25) is 0 Å². The van der Waals surface area contributed by atoms with Crippen molar-refractivity contribution in [2.24, 2.45) is 0 Å². The smallest absolute Gasteiger partial charge is 0.231 e. The lowest BCUT2D eigenvalue weighted by atomic mass is 9.97. The summed E-state index contributed by atoms with van der Waals surface area (Å²) in [4.78, 5) is 17.2. The Morgan fingerprint density at radius 2 is 1.74 bits per heavy atom. The van der Waals surface area contributed by atoms with Crippen LogP contribution in [0.5, 0.6) is 5.75 Å². The number of fused-ring (bicyclic) bond motifs is 2. The Balaban J connectivity index is 1.61. The fourth-order valence-corrected chi connectivity index (χ4v) is 3.24. The molecule has 1 N–H and O–H groups in total. The number of para-hydroxylation sites is 1. The van der Waals surface area contributed by atoms with E-state index in [1.54, 1.807) is 13.3 Å². The van der Waals surface area contributed by atoms with Crippen molar-refractivity contribution in [2.45, 2.75) is 12.8 Å². The monoisotopic (exact) mass is 356 g/mol. The van der Waals surface area contributed by atoms with E-state index in [0.717, 1.165) is 38.7 Å². The quantitative estimate of drug-likeness (QED) is 0.551. The first-order valence-electron chi connectivity index (χ1n) is 8.88. The molecule has 0 bridgehead atoms. The van der Waals surface area contributed by atoms with Crippen LogP contribution < -0.4 is 10.1 Å². The molecule has 0 fully saturated rings.